The Morgan fingerprint density at radius 2 is 2.06 bits per heavy atom. The fourth-order valence-corrected chi connectivity index (χ4v) is 6.50. The summed E-state index contributed by atoms with van der Waals surface area (Å²) in [6.07, 6.45) is 3.35. The lowest BCUT2D eigenvalue weighted by molar-refractivity contribution is -0.140. The summed E-state index contributed by atoms with van der Waals surface area (Å²) in [5, 5.41) is 33.5. The van der Waals surface area contributed by atoms with Crippen LogP contribution in [0, 0.1) is 17.8 Å². The third kappa shape index (κ3) is 5.30. The van der Waals surface area contributed by atoms with Crippen LogP contribution in [0.15, 0.2) is 52.4 Å². The number of amides is 2. The standard InChI is InChI=1S/C28H32ClNO5S/c1-3-17(12-18-7-8-19(32)13-23(18)29)6-9-24(33)25-16(2)11-21-26(22(25)15-31)28(35)30(27(21)34)14-20-5-4-10-36-20/h4-5,7-8,10,12-13,21-22,24,26,31-33H,3,6,9,11,14-15H2,1-2H3/b17-12+/t21-,22+,24-,26-/m1/s1. The molecule has 0 unspecified atom stereocenters. The molecular formula is C28H32ClNO5S. The number of likely N-dealkylation sites (tertiary alicyclic amines) is 1. The number of rotatable bonds is 9. The first-order chi connectivity index (χ1) is 17.2. The lowest BCUT2D eigenvalue weighted by Gasteiger charge is -2.35. The van der Waals surface area contributed by atoms with Crippen molar-refractivity contribution < 1.29 is 24.9 Å². The number of hydrogen-bond donors (Lipinski definition) is 3. The predicted molar refractivity (Wildman–Crippen MR) is 141 cm³/mol. The number of allylic oxidation sites excluding steroid dienone is 2. The molecule has 1 aliphatic carbocycles. The molecule has 8 heteroatoms. The van der Waals surface area contributed by atoms with Crippen LogP contribution in [0.1, 0.15) is 50.0 Å². The molecule has 0 spiro atoms. The second-order valence-electron chi connectivity index (χ2n) is 9.62. The average molecular weight is 530 g/mol. The summed E-state index contributed by atoms with van der Waals surface area (Å²) >= 11 is 7.75. The number of carbonyl (C=O) groups excluding carboxylic acids is 2. The van der Waals surface area contributed by atoms with Crippen LogP contribution < -0.4 is 0 Å². The number of nitrogens with zero attached hydrogens (tertiary/aromatic N) is 1. The molecule has 1 aliphatic heterocycles. The van der Waals surface area contributed by atoms with E-state index in [1.165, 1.54) is 22.3 Å². The topological polar surface area (TPSA) is 98.1 Å². The van der Waals surface area contributed by atoms with Gasteiger partial charge in [-0.3, -0.25) is 14.5 Å². The highest BCUT2D eigenvalue weighted by Gasteiger charge is 2.54. The quantitative estimate of drug-likeness (QED) is 0.307. The van der Waals surface area contributed by atoms with Crippen molar-refractivity contribution in [2.45, 2.75) is 52.2 Å². The highest BCUT2D eigenvalue weighted by molar-refractivity contribution is 7.09. The Hall–Kier alpha value is -2.45. The van der Waals surface area contributed by atoms with Crippen molar-refractivity contribution >= 4 is 40.8 Å². The number of carbonyl (C=O) groups is 2. The van der Waals surface area contributed by atoms with E-state index in [-0.39, 0.29) is 30.7 Å². The predicted octanol–water partition coefficient (Wildman–Crippen LogP) is 5.17. The maximum atomic E-state index is 13.3. The summed E-state index contributed by atoms with van der Waals surface area (Å²) in [4.78, 5) is 28.8. The summed E-state index contributed by atoms with van der Waals surface area (Å²) in [6.45, 7) is 3.88. The molecule has 4 atom stereocenters. The third-order valence-electron chi connectivity index (χ3n) is 7.41. The van der Waals surface area contributed by atoms with E-state index in [2.05, 4.69) is 0 Å². The van der Waals surface area contributed by atoms with E-state index in [0.717, 1.165) is 28.0 Å². The molecule has 6 nitrogen and oxygen atoms in total. The lowest BCUT2D eigenvalue weighted by atomic mass is 9.68. The number of halogens is 1. The largest absolute Gasteiger partial charge is 0.508 e. The van der Waals surface area contributed by atoms with Crippen molar-refractivity contribution in [1.29, 1.82) is 0 Å². The lowest BCUT2D eigenvalue weighted by Crippen LogP contribution is -2.38. The Bertz CT molecular complexity index is 1190. The van der Waals surface area contributed by atoms with Gasteiger partial charge in [0.1, 0.15) is 5.75 Å². The molecule has 2 aromatic rings. The van der Waals surface area contributed by atoms with Gasteiger partial charge in [0.2, 0.25) is 11.8 Å². The van der Waals surface area contributed by atoms with Gasteiger partial charge in [-0.15, -0.1) is 11.3 Å². The number of phenolic OH excluding ortho intramolecular Hbond substituents is 1. The fraction of sp³-hybridized carbons (Fsp3) is 0.429. The molecule has 2 heterocycles. The molecule has 0 bridgehead atoms. The normalized spacial score (nSPS) is 23.4. The summed E-state index contributed by atoms with van der Waals surface area (Å²) in [5.74, 6) is -2.06. The molecule has 1 aromatic carbocycles. The van der Waals surface area contributed by atoms with Gasteiger partial charge in [-0.1, -0.05) is 41.8 Å². The van der Waals surface area contributed by atoms with Crippen LogP contribution in [0.2, 0.25) is 5.02 Å². The second kappa shape index (κ2) is 11.3. The number of benzene rings is 1. The minimum Gasteiger partial charge on any atom is -0.508 e. The molecule has 1 saturated heterocycles. The van der Waals surface area contributed by atoms with E-state index >= 15 is 0 Å². The van der Waals surface area contributed by atoms with Gasteiger partial charge < -0.3 is 15.3 Å². The van der Waals surface area contributed by atoms with Gasteiger partial charge in [-0.2, -0.15) is 0 Å². The van der Waals surface area contributed by atoms with Crippen LogP contribution in [0.5, 0.6) is 5.75 Å². The van der Waals surface area contributed by atoms with E-state index in [1.807, 2.05) is 37.4 Å². The van der Waals surface area contributed by atoms with Crippen molar-refractivity contribution in [2.24, 2.45) is 17.8 Å². The Morgan fingerprint density at radius 1 is 1.28 bits per heavy atom. The van der Waals surface area contributed by atoms with Gasteiger partial charge in [0.15, 0.2) is 0 Å². The Kier molecular flexibility index (Phi) is 8.35. The monoisotopic (exact) mass is 529 g/mol. The van der Waals surface area contributed by atoms with Crippen LogP contribution in [0.4, 0.5) is 0 Å². The SMILES string of the molecule is CC/C(=C\c1ccc(O)cc1Cl)CC[C@@H](O)C1=C(C)C[C@H]2C(=O)N(Cc3cccs3)C(=O)[C@H]2[C@H]1CO. The van der Waals surface area contributed by atoms with Gasteiger partial charge in [-0.05, 0) is 73.4 Å². The molecule has 1 fully saturated rings. The molecule has 3 N–H and O–H groups in total. The van der Waals surface area contributed by atoms with Crippen LogP contribution in [0.3, 0.4) is 0 Å². The van der Waals surface area contributed by atoms with Gasteiger partial charge in [-0.25, -0.2) is 0 Å². The minimum absolute atomic E-state index is 0.104. The van der Waals surface area contributed by atoms with E-state index < -0.39 is 23.9 Å². The second-order valence-corrected chi connectivity index (χ2v) is 11.1. The molecule has 4 rings (SSSR count). The molecule has 1 aromatic heterocycles. The number of aliphatic hydroxyl groups is 2. The molecular weight excluding hydrogens is 498 g/mol. The van der Waals surface area contributed by atoms with Crippen molar-refractivity contribution in [3.05, 3.63) is 67.9 Å². The van der Waals surface area contributed by atoms with Gasteiger partial charge in [0.25, 0.3) is 0 Å². The van der Waals surface area contributed by atoms with Crippen LogP contribution in [-0.4, -0.2) is 44.7 Å². The highest BCUT2D eigenvalue weighted by Crippen LogP contribution is 2.46. The third-order valence-corrected chi connectivity index (χ3v) is 8.59. The molecule has 2 aliphatic rings. The van der Waals surface area contributed by atoms with Crippen LogP contribution >= 0.6 is 22.9 Å². The number of fused-ring (bicyclic) bond motifs is 1. The summed E-state index contributed by atoms with van der Waals surface area (Å²) in [5.41, 5.74) is 3.45. The number of aromatic hydroxyl groups is 1. The number of thiophene rings is 1. The zero-order valence-electron chi connectivity index (χ0n) is 20.5. The molecule has 36 heavy (non-hydrogen) atoms. The number of aliphatic hydroxyl groups excluding tert-OH is 2. The van der Waals surface area contributed by atoms with E-state index in [0.29, 0.717) is 29.9 Å². The fourth-order valence-electron chi connectivity index (χ4n) is 5.58. The average Bonchev–Trinajstić information content (AvgIpc) is 3.45. The van der Waals surface area contributed by atoms with E-state index in [1.54, 1.807) is 12.1 Å². The maximum Gasteiger partial charge on any atom is 0.234 e. The molecule has 192 valence electrons. The smallest absolute Gasteiger partial charge is 0.234 e. The zero-order valence-corrected chi connectivity index (χ0v) is 22.1. The van der Waals surface area contributed by atoms with Gasteiger partial charge in [0.05, 0.1) is 36.1 Å². The van der Waals surface area contributed by atoms with Crippen LogP contribution in [0.25, 0.3) is 6.08 Å². The highest BCUT2D eigenvalue weighted by atomic mass is 35.5. The van der Waals surface area contributed by atoms with Crippen molar-refractivity contribution in [3.63, 3.8) is 0 Å². The van der Waals surface area contributed by atoms with Gasteiger partial charge in [0, 0.05) is 10.8 Å². The zero-order chi connectivity index (χ0) is 26.0. The molecule has 0 saturated carbocycles. The van der Waals surface area contributed by atoms with Crippen LogP contribution in [-0.2, 0) is 16.1 Å². The van der Waals surface area contributed by atoms with Gasteiger partial charge >= 0.3 is 0 Å². The first kappa shape index (κ1) is 26.6. The van der Waals surface area contributed by atoms with Crippen molar-refractivity contribution in [3.8, 4) is 5.75 Å². The number of phenols is 1. The number of imide groups is 1. The minimum atomic E-state index is -0.831. The first-order valence-electron chi connectivity index (χ1n) is 12.3. The maximum absolute atomic E-state index is 13.3. The van der Waals surface area contributed by atoms with Crippen molar-refractivity contribution in [2.75, 3.05) is 6.61 Å². The first-order valence-corrected chi connectivity index (χ1v) is 13.5. The Balaban J connectivity index is 1.51. The summed E-state index contributed by atoms with van der Waals surface area (Å²) < 4.78 is 0. The van der Waals surface area contributed by atoms with Crippen molar-refractivity contribution in [1.82, 2.24) is 4.90 Å². The van der Waals surface area contributed by atoms with E-state index in [9.17, 15) is 24.9 Å². The summed E-state index contributed by atoms with van der Waals surface area (Å²) in [7, 11) is 0. The molecule has 2 amide bonds. The number of hydrogen-bond acceptors (Lipinski definition) is 6. The summed E-state index contributed by atoms with van der Waals surface area (Å²) in [6, 6.07) is 8.63. The Labute approximate surface area is 220 Å². The Morgan fingerprint density at radius 3 is 2.69 bits per heavy atom. The van der Waals surface area contributed by atoms with E-state index in [4.69, 9.17) is 11.6 Å². The molecule has 0 radical (unpaired) electrons.